The Morgan fingerprint density at radius 3 is 2.26 bits per heavy atom. The molecule has 0 aliphatic heterocycles. The third-order valence-corrected chi connectivity index (χ3v) is 2.79. The molecule has 0 aromatic heterocycles. The lowest BCUT2D eigenvalue weighted by molar-refractivity contribution is -0.137. The summed E-state index contributed by atoms with van der Waals surface area (Å²) in [5, 5.41) is 0. The van der Waals surface area contributed by atoms with Gasteiger partial charge in [0.15, 0.2) is 0 Å². The maximum atomic E-state index is 12.1. The fourth-order valence-corrected chi connectivity index (χ4v) is 1.91. The minimum atomic E-state index is -0.892. The van der Waals surface area contributed by atoms with E-state index in [1.807, 2.05) is 0 Å². The molecule has 19 heavy (non-hydrogen) atoms. The third-order valence-electron chi connectivity index (χ3n) is 2.79. The topological polar surface area (TPSA) is 61.8 Å². The summed E-state index contributed by atoms with van der Waals surface area (Å²) in [5.41, 5.74) is 1.47. The van der Waals surface area contributed by atoms with Crippen LogP contribution < -0.4 is 9.47 Å². The van der Waals surface area contributed by atoms with E-state index in [0.717, 1.165) is 5.56 Å². The van der Waals surface area contributed by atoms with Crippen LogP contribution in [0, 0.1) is 13.8 Å². The Bertz CT molecular complexity index is 505. The lowest BCUT2D eigenvalue weighted by atomic mass is 9.99. The quantitative estimate of drug-likeness (QED) is 0.464. The van der Waals surface area contributed by atoms with Gasteiger partial charge in [-0.3, -0.25) is 4.79 Å². The summed E-state index contributed by atoms with van der Waals surface area (Å²) in [4.78, 5) is 23.8. The van der Waals surface area contributed by atoms with Gasteiger partial charge in [0.1, 0.15) is 11.5 Å². The molecule has 0 heterocycles. The first kappa shape index (κ1) is 15.0. The van der Waals surface area contributed by atoms with Gasteiger partial charge in [-0.25, -0.2) is 4.79 Å². The average molecular weight is 266 g/mol. The number of ether oxygens (including phenoxy) is 3. The number of benzene rings is 1. The van der Waals surface area contributed by atoms with Crippen LogP contribution in [-0.2, 0) is 9.53 Å². The summed E-state index contributed by atoms with van der Waals surface area (Å²) in [5.74, 6) is -0.711. The Labute approximate surface area is 112 Å². The highest BCUT2D eigenvalue weighted by molar-refractivity contribution is 6.41. The molecule has 5 nitrogen and oxygen atoms in total. The number of Topliss-reactive ketones (excluding diaryl/α,β-unsaturated/α-hetero) is 1. The van der Waals surface area contributed by atoms with Crippen LogP contribution >= 0.6 is 0 Å². The maximum Gasteiger partial charge on any atom is 0.379 e. The predicted octanol–water partition coefficient (Wildman–Crippen LogP) is 2.07. The summed E-state index contributed by atoms with van der Waals surface area (Å²) in [7, 11) is 2.96. The minimum Gasteiger partial charge on any atom is -0.496 e. The van der Waals surface area contributed by atoms with Crippen molar-refractivity contribution in [2.45, 2.75) is 20.8 Å². The van der Waals surface area contributed by atoms with Crippen molar-refractivity contribution in [3.63, 3.8) is 0 Å². The number of aryl methyl sites for hydroxylation is 1. The second kappa shape index (κ2) is 6.22. The van der Waals surface area contributed by atoms with E-state index in [-0.39, 0.29) is 12.2 Å². The smallest absolute Gasteiger partial charge is 0.379 e. The molecule has 0 radical (unpaired) electrons. The maximum absolute atomic E-state index is 12.1. The molecule has 0 unspecified atom stereocenters. The molecule has 1 aromatic carbocycles. The molecule has 1 rings (SSSR count). The van der Waals surface area contributed by atoms with Crippen LogP contribution in [0.25, 0.3) is 0 Å². The van der Waals surface area contributed by atoms with Crippen molar-refractivity contribution in [2.75, 3.05) is 20.8 Å². The van der Waals surface area contributed by atoms with Gasteiger partial charge >= 0.3 is 5.97 Å². The fraction of sp³-hybridized carbons (Fsp3) is 0.429. The lowest BCUT2D eigenvalue weighted by Gasteiger charge is -2.16. The van der Waals surface area contributed by atoms with E-state index in [0.29, 0.717) is 17.1 Å². The Hall–Kier alpha value is -2.04. The molecule has 0 fully saturated rings. The summed E-state index contributed by atoms with van der Waals surface area (Å²) >= 11 is 0. The highest BCUT2D eigenvalue weighted by Crippen LogP contribution is 2.33. The van der Waals surface area contributed by atoms with Gasteiger partial charge < -0.3 is 14.2 Å². The zero-order valence-corrected chi connectivity index (χ0v) is 11.8. The second-order valence-electron chi connectivity index (χ2n) is 3.98. The number of methoxy groups -OCH3 is 2. The van der Waals surface area contributed by atoms with Crippen LogP contribution in [0.3, 0.4) is 0 Å². The number of rotatable bonds is 5. The van der Waals surface area contributed by atoms with Crippen LogP contribution in [0.1, 0.15) is 28.4 Å². The summed E-state index contributed by atoms with van der Waals surface area (Å²) < 4.78 is 15.2. The zero-order chi connectivity index (χ0) is 14.6. The van der Waals surface area contributed by atoms with Crippen LogP contribution in [0.4, 0.5) is 0 Å². The molecule has 5 heteroatoms. The number of hydrogen-bond acceptors (Lipinski definition) is 5. The SMILES string of the molecule is CCOC(=O)C(=O)c1c(C)c(OC)cc(C)c1OC. The number of hydrogen-bond donors (Lipinski definition) is 0. The number of esters is 1. The van der Waals surface area contributed by atoms with E-state index in [2.05, 4.69) is 0 Å². The van der Waals surface area contributed by atoms with Gasteiger partial charge in [-0.15, -0.1) is 0 Å². The van der Waals surface area contributed by atoms with E-state index in [9.17, 15) is 9.59 Å². The monoisotopic (exact) mass is 266 g/mol. The van der Waals surface area contributed by atoms with Crippen molar-refractivity contribution in [1.82, 2.24) is 0 Å². The van der Waals surface area contributed by atoms with Gasteiger partial charge in [0.2, 0.25) is 0 Å². The average Bonchev–Trinajstić information content (AvgIpc) is 2.39. The van der Waals surface area contributed by atoms with Gasteiger partial charge in [0.05, 0.1) is 26.4 Å². The Morgan fingerprint density at radius 1 is 1.16 bits per heavy atom. The highest BCUT2D eigenvalue weighted by Gasteiger charge is 2.27. The van der Waals surface area contributed by atoms with Crippen LogP contribution in [0.5, 0.6) is 11.5 Å². The van der Waals surface area contributed by atoms with Crippen LogP contribution in [0.15, 0.2) is 6.07 Å². The lowest BCUT2D eigenvalue weighted by Crippen LogP contribution is -2.20. The standard InChI is InChI=1S/C14H18O5/c1-6-19-14(16)12(15)11-9(3)10(17-4)7-8(2)13(11)18-5/h7H,6H2,1-5H3. The molecule has 1 aromatic rings. The minimum absolute atomic E-state index is 0.148. The molecule has 0 atom stereocenters. The molecular weight excluding hydrogens is 248 g/mol. The van der Waals surface area contributed by atoms with Gasteiger partial charge in [-0.1, -0.05) is 0 Å². The number of carbonyl (C=O) groups is 2. The zero-order valence-electron chi connectivity index (χ0n) is 11.8. The largest absolute Gasteiger partial charge is 0.496 e. The molecule has 0 amide bonds. The summed E-state index contributed by atoms with van der Waals surface area (Å²) in [6, 6.07) is 1.76. The molecule has 0 saturated heterocycles. The highest BCUT2D eigenvalue weighted by atomic mass is 16.5. The van der Waals surface area contributed by atoms with Crippen LogP contribution in [0.2, 0.25) is 0 Å². The third kappa shape index (κ3) is 2.86. The molecule has 0 bridgehead atoms. The van der Waals surface area contributed by atoms with Gasteiger partial charge in [0, 0.05) is 5.56 Å². The Morgan fingerprint density at radius 2 is 1.79 bits per heavy atom. The molecule has 0 N–H and O–H groups in total. The molecule has 0 aliphatic carbocycles. The van der Waals surface area contributed by atoms with Gasteiger partial charge in [-0.2, -0.15) is 0 Å². The van der Waals surface area contributed by atoms with Crippen molar-refractivity contribution >= 4 is 11.8 Å². The van der Waals surface area contributed by atoms with Crippen molar-refractivity contribution in [3.05, 3.63) is 22.8 Å². The van der Waals surface area contributed by atoms with Crippen molar-refractivity contribution in [1.29, 1.82) is 0 Å². The van der Waals surface area contributed by atoms with E-state index < -0.39 is 11.8 Å². The normalized spacial score (nSPS) is 9.95. The van der Waals surface area contributed by atoms with E-state index in [4.69, 9.17) is 14.2 Å². The second-order valence-corrected chi connectivity index (χ2v) is 3.98. The first-order valence-corrected chi connectivity index (χ1v) is 5.91. The first-order chi connectivity index (χ1) is 8.97. The van der Waals surface area contributed by atoms with Crippen molar-refractivity contribution in [2.24, 2.45) is 0 Å². The Balaban J connectivity index is 3.43. The molecular formula is C14H18O5. The van der Waals surface area contributed by atoms with Crippen LogP contribution in [-0.4, -0.2) is 32.6 Å². The van der Waals surface area contributed by atoms with Crippen molar-refractivity contribution in [3.8, 4) is 11.5 Å². The molecule has 0 spiro atoms. The number of carbonyl (C=O) groups excluding carboxylic acids is 2. The fourth-order valence-electron chi connectivity index (χ4n) is 1.91. The predicted molar refractivity (Wildman–Crippen MR) is 70.0 cm³/mol. The summed E-state index contributed by atoms with van der Waals surface area (Å²) in [6.45, 7) is 5.27. The van der Waals surface area contributed by atoms with E-state index in [1.165, 1.54) is 14.2 Å². The van der Waals surface area contributed by atoms with Gasteiger partial charge in [-0.05, 0) is 32.4 Å². The molecule has 0 saturated carbocycles. The van der Waals surface area contributed by atoms with Gasteiger partial charge in [0.25, 0.3) is 5.78 Å². The molecule has 104 valence electrons. The van der Waals surface area contributed by atoms with E-state index in [1.54, 1.807) is 26.8 Å². The molecule has 0 aliphatic rings. The summed E-state index contributed by atoms with van der Waals surface area (Å²) in [6.07, 6.45) is 0. The van der Waals surface area contributed by atoms with Crippen molar-refractivity contribution < 1.29 is 23.8 Å². The number of ketones is 1. The first-order valence-electron chi connectivity index (χ1n) is 5.91. The Kier molecular flexibility index (Phi) is 4.92. The van der Waals surface area contributed by atoms with E-state index >= 15 is 0 Å².